The molecule has 2 nitrogen and oxygen atoms in total. The molecule has 0 N–H and O–H groups in total. The number of benzene rings is 1. The average Bonchev–Trinajstić information content (AvgIpc) is 2.59. The first-order valence-corrected chi connectivity index (χ1v) is 9.96. The highest BCUT2D eigenvalue weighted by Gasteiger charge is 2.25. The summed E-state index contributed by atoms with van der Waals surface area (Å²) in [4.78, 5) is 2.69. The van der Waals surface area contributed by atoms with E-state index in [1.165, 1.54) is 76.6 Å². The SMILES string of the molecule is COc1ccc2c(c1)CCCC2CCCCN1CCC(C)(C)CC1. The van der Waals surface area contributed by atoms with Crippen LogP contribution in [-0.4, -0.2) is 31.6 Å². The van der Waals surface area contributed by atoms with Gasteiger partial charge in [-0.15, -0.1) is 0 Å². The Bertz CT molecular complexity index is 527. The Morgan fingerprint density at radius 3 is 2.71 bits per heavy atom. The van der Waals surface area contributed by atoms with Crippen molar-refractivity contribution >= 4 is 0 Å². The Hall–Kier alpha value is -1.02. The molecule has 1 aromatic carbocycles. The van der Waals surface area contributed by atoms with Crippen molar-refractivity contribution in [3.8, 4) is 5.75 Å². The second kappa shape index (κ2) is 7.91. The molecule has 1 fully saturated rings. The summed E-state index contributed by atoms with van der Waals surface area (Å²) in [5, 5.41) is 0. The molecular formula is C22H35NO. The molecule has 1 atom stereocenters. The summed E-state index contributed by atoms with van der Waals surface area (Å²) in [5.74, 6) is 1.79. The van der Waals surface area contributed by atoms with Crippen molar-refractivity contribution in [1.29, 1.82) is 0 Å². The predicted octanol–water partition coefficient (Wildman–Crippen LogP) is 5.41. The molecule has 1 aliphatic heterocycles. The zero-order valence-electron chi connectivity index (χ0n) is 15.9. The first-order chi connectivity index (χ1) is 11.6. The van der Waals surface area contributed by atoms with Gasteiger partial charge < -0.3 is 9.64 Å². The number of rotatable bonds is 6. The molecule has 1 saturated heterocycles. The molecule has 24 heavy (non-hydrogen) atoms. The summed E-state index contributed by atoms with van der Waals surface area (Å²) >= 11 is 0. The minimum absolute atomic E-state index is 0.573. The summed E-state index contributed by atoms with van der Waals surface area (Å²) in [6.45, 7) is 8.75. The van der Waals surface area contributed by atoms with Gasteiger partial charge in [-0.1, -0.05) is 26.3 Å². The maximum Gasteiger partial charge on any atom is 0.119 e. The molecule has 0 amide bonds. The maximum absolute atomic E-state index is 5.39. The van der Waals surface area contributed by atoms with Crippen LogP contribution in [0.25, 0.3) is 0 Å². The molecule has 0 saturated carbocycles. The standard InChI is InChI=1S/C22H35NO/c1-22(2)12-15-23(16-13-22)14-5-4-7-18-8-6-9-19-17-20(24-3)10-11-21(18)19/h10-11,17-18H,4-9,12-16H2,1-3H3. The molecule has 1 aliphatic carbocycles. The van der Waals surface area contributed by atoms with E-state index < -0.39 is 0 Å². The maximum atomic E-state index is 5.39. The van der Waals surface area contributed by atoms with Gasteiger partial charge in [-0.3, -0.25) is 0 Å². The molecular weight excluding hydrogens is 294 g/mol. The van der Waals surface area contributed by atoms with Gasteiger partial charge in [0.1, 0.15) is 5.75 Å². The van der Waals surface area contributed by atoms with Gasteiger partial charge in [0.2, 0.25) is 0 Å². The van der Waals surface area contributed by atoms with Crippen molar-refractivity contribution in [3.05, 3.63) is 29.3 Å². The Morgan fingerprint density at radius 1 is 1.17 bits per heavy atom. The number of piperidine rings is 1. The number of fused-ring (bicyclic) bond motifs is 1. The van der Waals surface area contributed by atoms with Gasteiger partial charge in [-0.05, 0) is 99.2 Å². The van der Waals surface area contributed by atoms with Gasteiger partial charge in [-0.25, -0.2) is 0 Å². The van der Waals surface area contributed by atoms with Crippen LogP contribution >= 0.6 is 0 Å². The highest BCUT2D eigenvalue weighted by Crippen LogP contribution is 2.37. The van der Waals surface area contributed by atoms with Gasteiger partial charge in [0, 0.05) is 0 Å². The second-order valence-corrected chi connectivity index (χ2v) is 8.66. The van der Waals surface area contributed by atoms with Crippen LogP contribution in [0.15, 0.2) is 18.2 Å². The van der Waals surface area contributed by atoms with Crippen molar-refractivity contribution in [1.82, 2.24) is 4.90 Å². The van der Waals surface area contributed by atoms with Gasteiger partial charge in [-0.2, -0.15) is 0 Å². The fourth-order valence-electron chi connectivity index (χ4n) is 4.43. The van der Waals surface area contributed by atoms with Crippen molar-refractivity contribution in [2.75, 3.05) is 26.7 Å². The smallest absolute Gasteiger partial charge is 0.119 e. The molecule has 2 heteroatoms. The topological polar surface area (TPSA) is 12.5 Å². The monoisotopic (exact) mass is 329 g/mol. The molecule has 0 aromatic heterocycles. The lowest BCUT2D eigenvalue weighted by Gasteiger charge is -2.37. The van der Waals surface area contributed by atoms with Crippen LogP contribution in [0.5, 0.6) is 5.75 Å². The number of methoxy groups -OCH3 is 1. The summed E-state index contributed by atoms with van der Waals surface area (Å²) in [6, 6.07) is 6.73. The molecule has 1 aromatic rings. The lowest BCUT2D eigenvalue weighted by molar-refractivity contribution is 0.130. The third kappa shape index (κ3) is 4.53. The van der Waals surface area contributed by atoms with Gasteiger partial charge >= 0.3 is 0 Å². The van der Waals surface area contributed by atoms with E-state index >= 15 is 0 Å². The van der Waals surface area contributed by atoms with E-state index in [0.29, 0.717) is 5.41 Å². The summed E-state index contributed by atoms with van der Waals surface area (Å²) in [6.07, 6.45) is 10.8. The number of unbranched alkanes of at least 4 members (excludes halogenated alkanes) is 1. The van der Waals surface area contributed by atoms with E-state index in [4.69, 9.17) is 4.74 Å². The fourth-order valence-corrected chi connectivity index (χ4v) is 4.43. The third-order valence-electron chi connectivity index (χ3n) is 6.28. The quantitative estimate of drug-likeness (QED) is 0.647. The van der Waals surface area contributed by atoms with Crippen LogP contribution in [0.3, 0.4) is 0 Å². The Balaban J connectivity index is 1.43. The number of nitrogens with zero attached hydrogens (tertiary/aromatic N) is 1. The highest BCUT2D eigenvalue weighted by atomic mass is 16.5. The molecule has 2 aliphatic rings. The van der Waals surface area contributed by atoms with Crippen LogP contribution in [0.4, 0.5) is 0 Å². The van der Waals surface area contributed by atoms with Crippen LogP contribution in [-0.2, 0) is 6.42 Å². The van der Waals surface area contributed by atoms with Crippen LogP contribution in [0.1, 0.15) is 75.8 Å². The molecule has 1 heterocycles. The summed E-state index contributed by atoms with van der Waals surface area (Å²) < 4.78 is 5.39. The first-order valence-electron chi connectivity index (χ1n) is 9.96. The molecule has 0 radical (unpaired) electrons. The Kier molecular flexibility index (Phi) is 5.86. The first kappa shape index (κ1) is 17.8. The van der Waals surface area contributed by atoms with Crippen molar-refractivity contribution < 1.29 is 4.74 Å². The van der Waals surface area contributed by atoms with Crippen molar-refractivity contribution in [3.63, 3.8) is 0 Å². The van der Waals surface area contributed by atoms with Crippen LogP contribution in [0, 0.1) is 5.41 Å². The van der Waals surface area contributed by atoms with E-state index in [1.54, 1.807) is 12.7 Å². The number of hydrogen-bond donors (Lipinski definition) is 0. The van der Waals surface area contributed by atoms with Crippen molar-refractivity contribution in [2.45, 2.75) is 71.1 Å². The van der Waals surface area contributed by atoms with Crippen LogP contribution < -0.4 is 4.74 Å². The largest absolute Gasteiger partial charge is 0.497 e. The van der Waals surface area contributed by atoms with Gasteiger partial charge in [0.15, 0.2) is 0 Å². The zero-order chi connectivity index (χ0) is 17.0. The summed E-state index contributed by atoms with van der Waals surface area (Å²) in [5.41, 5.74) is 3.70. The number of hydrogen-bond acceptors (Lipinski definition) is 2. The second-order valence-electron chi connectivity index (χ2n) is 8.66. The van der Waals surface area contributed by atoms with Gasteiger partial charge in [0.05, 0.1) is 7.11 Å². The van der Waals surface area contributed by atoms with E-state index in [9.17, 15) is 0 Å². The highest BCUT2D eigenvalue weighted by molar-refractivity contribution is 5.39. The van der Waals surface area contributed by atoms with E-state index in [-0.39, 0.29) is 0 Å². The Morgan fingerprint density at radius 2 is 1.96 bits per heavy atom. The molecule has 3 rings (SSSR count). The van der Waals surface area contributed by atoms with E-state index in [0.717, 1.165) is 11.7 Å². The van der Waals surface area contributed by atoms with Crippen molar-refractivity contribution in [2.24, 2.45) is 5.41 Å². The number of likely N-dealkylation sites (tertiary alicyclic amines) is 1. The normalized spacial score (nSPS) is 23.7. The molecule has 1 unspecified atom stereocenters. The van der Waals surface area contributed by atoms with E-state index in [2.05, 4.69) is 36.9 Å². The molecule has 0 spiro atoms. The van der Waals surface area contributed by atoms with Gasteiger partial charge in [0.25, 0.3) is 0 Å². The lowest BCUT2D eigenvalue weighted by Crippen LogP contribution is -2.37. The molecule has 0 bridgehead atoms. The molecule has 134 valence electrons. The Labute approximate surface area is 148 Å². The third-order valence-corrected chi connectivity index (χ3v) is 6.28. The lowest BCUT2D eigenvalue weighted by atomic mass is 9.80. The zero-order valence-corrected chi connectivity index (χ0v) is 15.9. The number of ether oxygens (including phenoxy) is 1. The predicted molar refractivity (Wildman–Crippen MR) is 102 cm³/mol. The minimum atomic E-state index is 0.573. The fraction of sp³-hybridized carbons (Fsp3) is 0.727. The number of aryl methyl sites for hydroxylation is 1. The summed E-state index contributed by atoms with van der Waals surface area (Å²) in [7, 11) is 1.77. The van der Waals surface area contributed by atoms with E-state index in [1.807, 2.05) is 0 Å². The minimum Gasteiger partial charge on any atom is -0.497 e. The average molecular weight is 330 g/mol. The van der Waals surface area contributed by atoms with Crippen LogP contribution in [0.2, 0.25) is 0 Å².